The average Bonchev–Trinajstić information content (AvgIpc) is 2.83. The molecule has 0 aliphatic heterocycles. The standard InChI is InChI=1S/C26H27N3O4S/c1-2-8-24(30)27-20-10-7-11-21(18-20)28-26(34)29-25(31)19-9-6-14-23(17-19)33-16-15-32-22-12-4-3-5-13-22/h3-7,9-14,17-18H,2,8,15-16H2,1H3,(H,27,30)(H2,28,29,31,34). The van der Waals surface area contributed by atoms with Gasteiger partial charge in [0.15, 0.2) is 5.11 Å². The largest absolute Gasteiger partial charge is 0.490 e. The highest BCUT2D eigenvalue weighted by atomic mass is 32.1. The molecule has 0 spiro atoms. The summed E-state index contributed by atoms with van der Waals surface area (Å²) in [6.45, 7) is 2.67. The van der Waals surface area contributed by atoms with Crippen molar-refractivity contribution in [3.8, 4) is 11.5 Å². The molecule has 3 aromatic carbocycles. The highest BCUT2D eigenvalue weighted by Gasteiger charge is 2.10. The van der Waals surface area contributed by atoms with Crippen LogP contribution in [0.15, 0.2) is 78.9 Å². The Kier molecular flexibility index (Phi) is 9.42. The summed E-state index contributed by atoms with van der Waals surface area (Å²) in [7, 11) is 0. The van der Waals surface area contributed by atoms with Gasteiger partial charge in [0.05, 0.1) is 0 Å². The fraction of sp³-hybridized carbons (Fsp3) is 0.192. The van der Waals surface area contributed by atoms with Crippen LogP contribution in [-0.2, 0) is 4.79 Å². The van der Waals surface area contributed by atoms with Gasteiger partial charge in [-0.25, -0.2) is 0 Å². The maximum Gasteiger partial charge on any atom is 0.257 e. The van der Waals surface area contributed by atoms with E-state index in [9.17, 15) is 9.59 Å². The number of carbonyl (C=O) groups is 2. The summed E-state index contributed by atoms with van der Waals surface area (Å²) >= 11 is 5.27. The smallest absolute Gasteiger partial charge is 0.257 e. The van der Waals surface area contributed by atoms with Crippen molar-refractivity contribution in [2.24, 2.45) is 0 Å². The first-order valence-electron chi connectivity index (χ1n) is 11.0. The summed E-state index contributed by atoms with van der Waals surface area (Å²) in [6, 6.07) is 23.4. The number of amides is 2. The normalized spacial score (nSPS) is 10.1. The Labute approximate surface area is 204 Å². The zero-order valence-electron chi connectivity index (χ0n) is 18.9. The molecular weight excluding hydrogens is 450 g/mol. The van der Waals surface area contributed by atoms with Crippen LogP contribution in [0.2, 0.25) is 0 Å². The summed E-state index contributed by atoms with van der Waals surface area (Å²) in [6.07, 6.45) is 1.22. The minimum absolute atomic E-state index is 0.0516. The average molecular weight is 478 g/mol. The molecule has 7 nitrogen and oxygen atoms in total. The second-order valence-electron chi connectivity index (χ2n) is 7.33. The van der Waals surface area contributed by atoms with Gasteiger partial charge in [-0.15, -0.1) is 0 Å². The molecule has 0 radical (unpaired) electrons. The Balaban J connectivity index is 1.48. The number of carbonyl (C=O) groups excluding carboxylic acids is 2. The number of hydrogen-bond acceptors (Lipinski definition) is 5. The Bertz CT molecular complexity index is 1120. The lowest BCUT2D eigenvalue weighted by atomic mass is 10.2. The highest BCUT2D eigenvalue weighted by Crippen LogP contribution is 2.16. The fourth-order valence-electron chi connectivity index (χ4n) is 3.03. The van der Waals surface area contributed by atoms with Crippen LogP contribution in [0.5, 0.6) is 11.5 Å². The van der Waals surface area contributed by atoms with Crippen LogP contribution in [0.25, 0.3) is 0 Å². The van der Waals surface area contributed by atoms with E-state index >= 15 is 0 Å². The molecule has 0 atom stereocenters. The Morgan fingerprint density at radius 1 is 0.794 bits per heavy atom. The molecule has 0 bridgehead atoms. The summed E-state index contributed by atoms with van der Waals surface area (Å²) in [5, 5.41) is 8.59. The molecule has 0 heterocycles. The molecule has 34 heavy (non-hydrogen) atoms. The first kappa shape index (κ1) is 24.7. The van der Waals surface area contributed by atoms with Crippen molar-refractivity contribution in [1.29, 1.82) is 0 Å². The van der Waals surface area contributed by atoms with Crippen LogP contribution in [0.1, 0.15) is 30.1 Å². The van der Waals surface area contributed by atoms with Crippen LogP contribution in [0.4, 0.5) is 11.4 Å². The number of hydrogen-bond donors (Lipinski definition) is 3. The maximum absolute atomic E-state index is 12.6. The van der Waals surface area contributed by atoms with Crippen LogP contribution in [0, 0.1) is 0 Å². The molecule has 0 aromatic heterocycles. The quantitative estimate of drug-likeness (QED) is 0.281. The lowest BCUT2D eigenvalue weighted by Crippen LogP contribution is -2.34. The summed E-state index contributed by atoms with van der Waals surface area (Å²) in [4.78, 5) is 24.4. The van der Waals surface area contributed by atoms with Gasteiger partial charge in [0.25, 0.3) is 5.91 Å². The van der Waals surface area contributed by atoms with Gasteiger partial charge >= 0.3 is 0 Å². The Hall–Kier alpha value is -3.91. The van der Waals surface area contributed by atoms with Crippen LogP contribution in [-0.4, -0.2) is 30.1 Å². The molecule has 8 heteroatoms. The first-order chi connectivity index (χ1) is 16.5. The van der Waals surface area contributed by atoms with E-state index in [1.54, 1.807) is 48.5 Å². The second-order valence-corrected chi connectivity index (χ2v) is 7.73. The van der Waals surface area contributed by atoms with Crippen molar-refractivity contribution >= 4 is 40.5 Å². The third-order valence-corrected chi connectivity index (χ3v) is 4.77. The first-order valence-corrected chi connectivity index (χ1v) is 11.4. The monoisotopic (exact) mass is 477 g/mol. The second kappa shape index (κ2) is 13.0. The molecule has 176 valence electrons. The third-order valence-electron chi connectivity index (χ3n) is 4.57. The molecule has 0 saturated carbocycles. The molecule has 0 fully saturated rings. The van der Waals surface area contributed by atoms with Crippen molar-refractivity contribution in [3.63, 3.8) is 0 Å². The van der Waals surface area contributed by atoms with E-state index in [1.807, 2.05) is 37.3 Å². The fourth-order valence-corrected chi connectivity index (χ4v) is 3.24. The lowest BCUT2D eigenvalue weighted by Gasteiger charge is -2.12. The molecule has 0 aliphatic rings. The minimum Gasteiger partial charge on any atom is -0.490 e. The summed E-state index contributed by atoms with van der Waals surface area (Å²) in [5.41, 5.74) is 1.71. The van der Waals surface area contributed by atoms with E-state index in [0.717, 1.165) is 12.2 Å². The minimum atomic E-state index is -0.365. The zero-order valence-corrected chi connectivity index (χ0v) is 19.7. The van der Waals surface area contributed by atoms with Gasteiger partial charge in [0.1, 0.15) is 24.7 Å². The number of rotatable bonds is 10. The molecule has 0 aliphatic carbocycles. The Morgan fingerprint density at radius 3 is 2.18 bits per heavy atom. The highest BCUT2D eigenvalue weighted by molar-refractivity contribution is 7.80. The van der Waals surface area contributed by atoms with Crippen molar-refractivity contribution < 1.29 is 19.1 Å². The SMILES string of the molecule is CCCC(=O)Nc1cccc(NC(=S)NC(=O)c2cccc(OCCOc3ccccc3)c2)c1. The Morgan fingerprint density at radius 2 is 1.44 bits per heavy atom. The molecule has 3 aromatic rings. The van der Waals surface area contributed by atoms with Crippen LogP contribution < -0.4 is 25.4 Å². The van der Waals surface area contributed by atoms with Gasteiger partial charge in [-0.1, -0.05) is 37.3 Å². The van der Waals surface area contributed by atoms with Crippen LogP contribution >= 0.6 is 12.2 Å². The van der Waals surface area contributed by atoms with Gasteiger partial charge in [0, 0.05) is 23.4 Å². The molecule has 3 N–H and O–H groups in total. The molecule has 2 amide bonds. The summed E-state index contributed by atoms with van der Waals surface area (Å²) < 4.78 is 11.3. The van der Waals surface area contributed by atoms with Gasteiger partial charge in [-0.3, -0.25) is 14.9 Å². The molecule has 0 unspecified atom stereocenters. The molecule has 3 rings (SSSR count). The molecule has 0 saturated heterocycles. The number of anilines is 2. The van der Waals surface area contributed by atoms with Crippen molar-refractivity contribution in [2.75, 3.05) is 23.8 Å². The van der Waals surface area contributed by atoms with Crippen molar-refractivity contribution in [3.05, 3.63) is 84.4 Å². The van der Waals surface area contributed by atoms with E-state index in [0.29, 0.717) is 42.3 Å². The van der Waals surface area contributed by atoms with Gasteiger partial charge in [-0.05, 0) is 67.2 Å². The van der Waals surface area contributed by atoms with Crippen molar-refractivity contribution in [1.82, 2.24) is 5.32 Å². The number of benzene rings is 3. The van der Waals surface area contributed by atoms with E-state index in [2.05, 4.69) is 16.0 Å². The predicted octanol–water partition coefficient (Wildman–Crippen LogP) is 5.01. The number of ether oxygens (including phenoxy) is 2. The van der Waals surface area contributed by atoms with Gasteiger partial charge in [-0.2, -0.15) is 0 Å². The van der Waals surface area contributed by atoms with E-state index in [1.165, 1.54) is 0 Å². The lowest BCUT2D eigenvalue weighted by molar-refractivity contribution is -0.116. The number of para-hydroxylation sites is 1. The third kappa shape index (κ3) is 8.22. The number of thiocarbonyl (C=S) groups is 1. The van der Waals surface area contributed by atoms with Crippen LogP contribution in [0.3, 0.4) is 0 Å². The van der Waals surface area contributed by atoms with Gasteiger partial charge < -0.3 is 20.1 Å². The predicted molar refractivity (Wildman–Crippen MR) is 138 cm³/mol. The van der Waals surface area contributed by atoms with Gasteiger partial charge in [0.2, 0.25) is 5.91 Å². The topological polar surface area (TPSA) is 88.7 Å². The summed E-state index contributed by atoms with van der Waals surface area (Å²) in [5.74, 6) is 0.910. The number of nitrogens with one attached hydrogen (secondary N) is 3. The maximum atomic E-state index is 12.6. The zero-order chi connectivity index (χ0) is 24.2. The van der Waals surface area contributed by atoms with E-state index < -0.39 is 0 Å². The van der Waals surface area contributed by atoms with E-state index in [4.69, 9.17) is 21.7 Å². The molecular formula is C26H27N3O4S. The van der Waals surface area contributed by atoms with Crippen molar-refractivity contribution in [2.45, 2.75) is 19.8 Å². The van der Waals surface area contributed by atoms with E-state index in [-0.39, 0.29) is 16.9 Å².